The van der Waals surface area contributed by atoms with Crippen molar-refractivity contribution in [3.05, 3.63) is 63.2 Å². The Morgan fingerprint density at radius 2 is 2.20 bits per heavy atom. The molecule has 6 nitrogen and oxygen atoms in total. The molecule has 0 saturated carbocycles. The van der Waals surface area contributed by atoms with E-state index in [1.54, 1.807) is 29.2 Å². The molecule has 0 bridgehead atoms. The molecule has 2 aromatic heterocycles. The number of aryl methyl sites for hydroxylation is 1. The second-order valence-corrected chi connectivity index (χ2v) is 6.64. The molecule has 1 amide bonds. The van der Waals surface area contributed by atoms with Crippen molar-refractivity contribution in [2.45, 2.75) is 19.0 Å². The van der Waals surface area contributed by atoms with Crippen molar-refractivity contribution in [3.8, 4) is 0 Å². The summed E-state index contributed by atoms with van der Waals surface area (Å²) in [5.74, 6) is 0.0530. The molecule has 8 heteroatoms. The fraction of sp³-hybridized carbons (Fsp3) is 0.353. The maximum Gasteiger partial charge on any atom is 0.250 e. The number of aromatic nitrogens is 2. The summed E-state index contributed by atoms with van der Waals surface area (Å²) in [6.07, 6.45) is 5.54. The average molecular weight is 428 g/mol. The van der Waals surface area contributed by atoms with Crippen LogP contribution < -0.4 is 10.9 Å². The summed E-state index contributed by atoms with van der Waals surface area (Å²) in [7, 11) is 0. The Kier molecular flexibility index (Phi) is 7.16. The zero-order valence-corrected chi connectivity index (χ0v) is 16.0. The first-order valence-electron chi connectivity index (χ1n) is 7.91. The normalized spacial score (nSPS) is 17.0. The average Bonchev–Trinajstić information content (AvgIpc) is 2.63. The maximum atomic E-state index is 12.7. The SMILES string of the molecule is Cl.O=C(CCn1cc(Br)ccc1=O)N1CCNCC1c1cccnc1. The third-order valence-corrected chi connectivity index (χ3v) is 4.62. The summed E-state index contributed by atoms with van der Waals surface area (Å²) in [6, 6.07) is 7.06. The number of carbonyl (C=O) groups excluding carboxylic acids is 1. The minimum Gasteiger partial charge on any atom is -0.333 e. The molecule has 1 N–H and O–H groups in total. The highest BCUT2D eigenvalue weighted by Gasteiger charge is 2.27. The second-order valence-electron chi connectivity index (χ2n) is 5.72. The van der Waals surface area contributed by atoms with Crippen LogP contribution in [-0.4, -0.2) is 40.0 Å². The number of amides is 1. The Hall–Kier alpha value is -1.70. The third kappa shape index (κ3) is 4.90. The first kappa shape index (κ1) is 19.6. The maximum absolute atomic E-state index is 12.7. The van der Waals surface area contributed by atoms with Gasteiger partial charge in [-0.15, -0.1) is 12.4 Å². The number of nitrogens with one attached hydrogen (secondary N) is 1. The van der Waals surface area contributed by atoms with Crippen molar-refractivity contribution in [1.82, 2.24) is 19.8 Å². The lowest BCUT2D eigenvalue weighted by Crippen LogP contribution is -2.49. The smallest absolute Gasteiger partial charge is 0.250 e. The Morgan fingerprint density at radius 3 is 2.96 bits per heavy atom. The van der Waals surface area contributed by atoms with E-state index in [0.29, 0.717) is 26.1 Å². The van der Waals surface area contributed by atoms with E-state index < -0.39 is 0 Å². The van der Waals surface area contributed by atoms with Crippen LogP contribution in [-0.2, 0) is 11.3 Å². The van der Waals surface area contributed by atoms with Gasteiger partial charge in [-0.2, -0.15) is 0 Å². The van der Waals surface area contributed by atoms with Crippen LogP contribution >= 0.6 is 28.3 Å². The number of halogens is 2. The van der Waals surface area contributed by atoms with Gasteiger partial charge in [0.05, 0.1) is 6.04 Å². The molecular formula is C17H20BrClN4O2. The molecule has 0 aromatic carbocycles. The molecule has 25 heavy (non-hydrogen) atoms. The molecule has 0 radical (unpaired) electrons. The Morgan fingerprint density at radius 1 is 1.36 bits per heavy atom. The molecule has 0 aliphatic carbocycles. The minimum atomic E-state index is -0.102. The van der Waals surface area contributed by atoms with Crippen LogP contribution in [0.25, 0.3) is 0 Å². The van der Waals surface area contributed by atoms with E-state index in [-0.39, 0.29) is 29.9 Å². The summed E-state index contributed by atoms with van der Waals surface area (Å²) in [5.41, 5.74) is 0.924. The number of hydrogen-bond donors (Lipinski definition) is 1. The van der Waals surface area contributed by atoms with Crippen LogP contribution in [0.2, 0.25) is 0 Å². The van der Waals surface area contributed by atoms with E-state index in [1.807, 2.05) is 17.0 Å². The van der Waals surface area contributed by atoms with E-state index in [1.165, 1.54) is 6.07 Å². The van der Waals surface area contributed by atoms with Gasteiger partial charge in [-0.1, -0.05) is 6.07 Å². The van der Waals surface area contributed by atoms with E-state index in [4.69, 9.17) is 0 Å². The number of hydrogen-bond acceptors (Lipinski definition) is 4. The van der Waals surface area contributed by atoms with Crippen molar-refractivity contribution >= 4 is 34.2 Å². The molecule has 0 spiro atoms. The Labute approximate surface area is 160 Å². The number of rotatable bonds is 4. The van der Waals surface area contributed by atoms with Crippen LogP contribution in [0.15, 0.2) is 52.1 Å². The molecule has 1 aliphatic rings. The van der Waals surface area contributed by atoms with Crippen LogP contribution in [0.3, 0.4) is 0 Å². The summed E-state index contributed by atoms with van der Waals surface area (Å²) >= 11 is 3.35. The molecule has 1 fully saturated rings. The fourth-order valence-corrected chi connectivity index (χ4v) is 3.29. The van der Waals surface area contributed by atoms with Gasteiger partial charge in [0.2, 0.25) is 5.91 Å². The van der Waals surface area contributed by atoms with Gasteiger partial charge in [-0.05, 0) is 33.6 Å². The molecule has 1 atom stereocenters. The lowest BCUT2D eigenvalue weighted by molar-refractivity contribution is -0.134. The lowest BCUT2D eigenvalue weighted by Gasteiger charge is -2.36. The molecule has 3 rings (SSSR count). The van der Waals surface area contributed by atoms with Crippen molar-refractivity contribution in [3.63, 3.8) is 0 Å². The van der Waals surface area contributed by atoms with Gasteiger partial charge in [-0.25, -0.2) is 0 Å². The monoisotopic (exact) mass is 426 g/mol. The van der Waals surface area contributed by atoms with Gasteiger partial charge in [-0.3, -0.25) is 14.6 Å². The highest BCUT2D eigenvalue weighted by molar-refractivity contribution is 9.10. The van der Waals surface area contributed by atoms with Gasteiger partial charge in [0, 0.05) is 61.7 Å². The molecule has 1 saturated heterocycles. The second kappa shape index (κ2) is 9.12. The first-order chi connectivity index (χ1) is 11.6. The first-order valence-corrected chi connectivity index (χ1v) is 8.70. The lowest BCUT2D eigenvalue weighted by atomic mass is 10.0. The molecule has 134 valence electrons. The Balaban J connectivity index is 0.00000225. The fourth-order valence-electron chi connectivity index (χ4n) is 2.91. The van der Waals surface area contributed by atoms with Crippen LogP contribution in [0.5, 0.6) is 0 Å². The van der Waals surface area contributed by atoms with Gasteiger partial charge in [0.1, 0.15) is 0 Å². The van der Waals surface area contributed by atoms with Gasteiger partial charge < -0.3 is 14.8 Å². The molecule has 3 heterocycles. The summed E-state index contributed by atoms with van der Waals surface area (Å²) in [6.45, 7) is 2.53. The number of nitrogens with zero attached hydrogens (tertiary/aromatic N) is 3. The highest BCUT2D eigenvalue weighted by atomic mass is 79.9. The molecular weight excluding hydrogens is 408 g/mol. The zero-order valence-electron chi connectivity index (χ0n) is 13.6. The van der Waals surface area contributed by atoms with Gasteiger partial charge >= 0.3 is 0 Å². The van der Waals surface area contributed by atoms with Gasteiger partial charge in [0.15, 0.2) is 0 Å². The van der Waals surface area contributed by atoms with Crippen molar-refractivity contribution in [2.24, 2.45) is 0 Å². The largest absolute Gasteiger partial charge is 0.333 e. The molecule has 2 aromatic rings. The van der Waals surface area contributed by atoms with Crippen molar-refractivity contribution < 1.29 is 4.79 Å². The van der Waals surface area contributed by atoms with Crippen LogP contribution in [0, 0.1) is 0 Å². The minimum absolute atomic E-state index is 0. The molecule has 1 unspecified atom stereocenters. The number of carbonyl (C=O) groups is 1. The van der Waals surface area contributed by atoms with E-state index in [9.17, 15) is 9.59 Å². The number of piperazine rings is 1. The third-order valence-electron chi connectivity index (χ3n) is 4.15. The number of pyridine rings is 2. The van der Waals surface area contributed by atoms with E-state index in [2.05, 4.69) is 26.2 Å². The quantitative estimate of drug-likeness (QED) is 0.810. The predicted molar refractivity (Wildman–Crippen MR) is 102 cm³/mol. The van der Waals surface area contributed by atoms with Crippen LogP contribution in [0.1, 0.15) is 18.0 Å². The summed E-state index contributed by atoms with van der Waals surface area (Å²) in [4.78, 5) is 30.6. The van der Waals surface area contributed by atoms with Crippen molar-refractivity contribution in [1.29, 1.82) is 0 Å². The van der Waals surface area contributed by atoms with Gasteiger partial charge in [0.25, 0.3) is 5.56 Å². The van der Waals surface area contributed by atoms with Crippen LogP contribution in [0.4, 0.5) is 0 Å². The van der Waals surface area contributed by atoms with E-state index in [0.717, 1.165) is 16.6 Å². The van der Waals surface area contributed by atoms with E-state index >= 15 is 0 Å². The topological polar surface area (TPSA) is 67.2 Å². The Bertz CT molecular complexity index is 769. The highest BCUT2D eigenvalue weighted by Crippen LogP contribution is 2.22. The standard InChI is InChI=1S/C17H19BrN4O2.ClH/c18-14-3-4-16(23)21(12-14)8-5-17(24)22-9-7-20-11-15(22)13-2-1-6-19-10-13;/h1-4,6,10,12,15,20H,5,7-9,11H2;1H. The zero-order chi connectivity index (χ0) is 16.9. The summed E-state index contributed by atoms with van der Waals surface area (Å²) in [5, 5.41) is 3.33. The predicted octanol–water partition coefficient (Wildman–Crippen LogP) is 1.99. The molecule has 1 aliphatic heterocycles. The summed E-state index contributed by atoms with van der Waals surface area (Å²) < 4.78 is 2.38. The van der Waals surface area contributed by atoms with Crippen molar-refractivity contribution in [2.75, 3.05) is 19.6 Å².